The van der Waals surface area contributed by atoms with Crippen molar-refractivity contribution >= 4 is 28.8 Å². The lowest BCUT2D eigenvalue weighted by Gasteiger charge is -2.28. The van der Waals surface area contributed by atoms with Crippen LogP contribution in [-0.2, 0) is 9.59 Å². The second-order valence-corrected chi connectivity index (χ2v) is 8.46. The topological polar surface area (TPSA) is 80.0 Å². The van der Waals surface area contributed by atoms with Crippen LogP contribution in [0.3, 0.4) is 0 Å². The van der Waals surface area contributed by atoms with Gasteiger partial charge in [0.25, 0.3) is 5.91 Å². The molecule has 0 aliphatic carbocycles. The van der Waals surface area contributed by atoms with Crippen LogP contribution in [0.5, 0.6) is 5.75 Å². The van der Waals surface area contributed by atoms with E-state index in [1.54, 1.807) is 53.4 Å². The summed E-state index contributed by atoms with van der Waals surface area (Å²) < 4.78 is 5.71. The van der Waals surface area contributed by atoms with Crippen LogP contribution >= 0.6 is 11.3 Å². The van der Waals surface area contributed by atoms with Gasteiger partial charge in [-0.05, 0) is 24.6 Å². The normalized spacial score (nSPS) is 16.1. The fourth-order valence-corrected chi connectivity index (χ4v) is 4.76. The van der Waals surface area contributed by atoms with Crippen LogP contribution in [0.4, 0.5) is 5.69 Å². The van der Waals surface area contributed by atoms with Crippen LogP contribution in [0.2, 0.25) is 0 Å². The molecule has 9 heteroatoms. The Labute approximate surface area is 196 Å². The molecular weight excluding hydrogens is 438 g/mol. The highest BCUT2D eigenvalue weighted by Gasteiger charge is 2.32. The molecule has 1 aliphatic rings. The Kier molecular flexibility index (Phi) is 6.95. The molecule has 2 aromatic heterocycles. The number of pyridine rings is 1. The predicted octanol–water partition coefficient (Wildman–Crippen LogP) is 3.96. The maximum Gasteiger partial charge on any atom is 0.261 e. The number of hydrogen-bond acceptors (Lipinski definition) is 6. The van der Waals surface area contributed by atoms with Gasteiger partial charge in [0.05, 0.1) is 18.3 Å². The maximum atomic E-state index is 13.2. The second-order valence-electron chi connectivity index (χ2n) is 7.57. The number of thiazole rings is 1. The van der Waals surface area contributed by atoms with Gasteiger partial charge < -0.3 is 14.5 Å². The lowest BCUT2D eigenvalue weighted by Crippen LogP contribution is -2.40. The van der Waals surface area contributed by atoms with Gasteiger partial charge in [-0.15, -0.1) is 11.3 Å². The summed E-state index contributed by atoms with van der Waals surface area (Å²) in [5.74, 6) is 0.166. The van der Waals surface area contributed by atoms with Gasteiger partial charge in [0.15, 0.2) is 6.61 Å². The summed E-state index contributed by atoms with van der Waals surface area (Å²) in [6.45, 7) is 10.0. The highest BCUT2D eigenvalue weighted by molar-refractivity contribution is 7.10. The molecule has 4 rings (SSSR count). The van der Waals surface area contributed by atoms with Crippen molar-refractivity contribution in [1.29, 1.82) is 0 Å². The van der Waals surface area contributed by atoms with Crippen molar-refractivity contribution in [3.8, 4) is 17.0 Å². The van der Waals surface area contributed by atoms with Crippen molar-refractivity contribution in [2.75, 3.05) is 26.2 Å². The summed E-state index contributed by atoms with van der Waals surface area (Å²) in [5.41, 5.74) is 2.16. The molecule has 1 aliphatic heterocycles. The summed E-state index contributed by atoms with van der Waals surface area (Å²) in [4.78, 5) is 41.0. The van der Waals surface area contributed by atoms with Crippen molar-refractivity contribution in [2.45, 2.75) is 19.4 Å². The molecule has 1 unspecified atom stereocenters. The Morgan fingerprint density at radius 2 is 1.97 bits per heavy atom. The number of hydrogen-bond donors (Lipinski definition) is 0. The maximum absolute atomic E-state index is 13.2. The first-order valence-corrected chi connectivity index (χ1v) is 11.4. The molecule has 0 spiro atoms. The lowest BCUT2D eigenvalue weighted by molar-refractivity contribution is -0.136. The van der Waals surface area contributed by atoms with Crippen LogP contribution in [0.15, 0.2) is 54.2 Å². The number of carbonyl (C=O) groups excluding carboxylic acids is 2. The number of para-hydroxylation sites is 2. The largest absolute Gasteiger partial charge is 0.495 e. The van der Waals surface area contributed by atoms with E-state index in [9.17, 15) is 9.59 Å². The zero-order valence-corrected chi connectivity index (χ0v) is 19.0. The molecule has 1 saturated heterocycles. The van der Waals surface area contributed by atoms with Gasteiger partial charge >= 0.3 is 0 Å². The molecule has 1 fully saturated rings. The van der Waals surface area contributed by atoms with Crippen molar-refractivity contribution in [3.63, 3.8) is 0 Å². The number of carbonyl (C=O) groups is 2. The summed E-state index contributed by atoms with van der Waals surface area (Å²) in [6.07, 6.45) is 4.03. The van der Waals surface area contributed by atoms with Crippen LogP contribution in [0, 0.1) is 6.57 Å². The molecule has 3 heterocycles. The van der Waals surface area contributed by atoms with Crippen molar-refractivity contribution in [1.82, 2.24) is 19.8 Å². The molecule has 1 aromatic carbocycles. The molecule has 0 saturated carbocycles. The molecule has 8 nitrogen and oxygen atoms in total. The zero-order valence-electron chi connectivity index (χ0n) is 18.2. The summed E-state index contributed by atoms with van der Waals surface area (Å²) >= 11 is 1.50. The van der Waals surface area contributed by atoms with E-state index in [4.69, 9.17) is 16.3 Å². The molecular formula is C24H23N5O3S. The van der Waals surface area contributed by atoms with Crippen molar-refractivity contribution < 1.29 is 14.3 Å². The molecule has 0 bridgehead atoms. The van der Waals surface area contributed by atoms with E-state index in [1.807, 2.05) is 17.5 Å². The smallest absolute Gasteiger partial charge is 0.261 e. The minimum atomic E-state index is -0.262. The van der Waals surface area contributed by atoms with E-state index in [0.717, 1.165) is 16.3 Å². The van der Waals surface area contributed by atoms with Gasteiger partial charge in [-0.1, -0.05) is 18.2 Å². The number of aromatic nitrogens is 2. The zero-order chi connectivity index (χ0) is 23.2. The minimum Gasteiger partial charge on any atom is -0.495 e. The van der Waals surface area contributed by atoms with E-state index < -0.39 is 0 Å². The van der Waals surface area contributed by atoms with Crippen molar-refractivity contribution in [2.24, 2.45) is 0 Å². The number of nitrogens with zero attached hydrogens (tertiary/aromatic N) is 5. The Morgan fingerprint density at radius 3 is 2.73 bits per heavy atom. The fourth-order valence-electron chi connectivity index (χ4n) is 3.79. The molecule has 168 valence electrons. The predicted molar refractivity (Wildman–Crippen MR) is 125 cm³/mol. The van der Waals surface area contributed by atoms with Crippen LogP contribution < -0.4 is 4.74 Å². The van der Waals surface area contributed by atoms with E-state index >= 15 is 0 Å². The Morgan fingerprint density at radius 1 is 1.18 bits per heavy atom. The highest BCUT2D eigenvalue weighted by atomic mass is 32.1. The summed E-state index contributed by atoms with van der Waals surface area (Å²) in [6, 6.07) is 10.4. The molecule has 1 atom stereocenters. The average molecular weight is 462 g/mol. The van der Waals surface area contributed by atoms with E-state index in [0.29, 0.717) is 37.5 Å². The van der Waals surface area contributed by atoms with Gasteiger partial charge in [-0.25, -0.2) is 9.83 Å². The minimum absolute atomic E-state index is 0.0121. The molecule has 0 N–H and O–H groups in total. The monoisotopic (exact) mass is 461 g/mol. The molecule has 3 aromatic rings. The summed E-state index contributed by atoms with van der Waals surface area (Å²) in [5, 5.41) is 2.80. The van der Waals surface area contributed by atoms with E-state index in [-0.39, 0.29) is 24.5 Å². The number of benzene rings is 1. The molecule has 2 amide bonds. The number of amides is 2. The standard InChI is InChI=1S/C24H23N5O3S/c1-17(30)28-12-9-21(24-27-20(16-33-24)18-7-10-26-11-8-18)29(14-13-28)23(31)15-32-22-6-4-3-5-19(22)25-2/h3-8,10-11,16,21H,9,12-15H2,1H3. The summed E-state index contributed by atoms with van der Waals surface area (Å²) in [7, 11) is 0. The van der Waals surface area contributed by atoms with Crippen LogP contribution in [0.25, 0.3) is 16.1 Å². The van der Waals surface area contributed by atoms with Gasteiger partial charge in [0, 0.05) is 49.9 Å². The quantitative estimate of drug-likeness (QED) is 0.538. The second kappa shape index (κ2) is 10.2. The highest BCUT2D eigenvalue weighted by Crippen LogP contribution is 2.33. The van der Waals surface area contributed by atoms with Gasteiger partial charge in [0.1, 0.15) is 10.8 Å². The first-order chi connectivity index (χ1) is 16.1. The van der Waals surface area contributed by atoms with Crippen molar-refractivity contribution in [3.05, 3.63) is 70.6 Å². The van der Waals surface area contributed by atoms with Gasteiger partial charge in [0.2, 0.25) is 11.6 Å². The third-order valence-electron chi connectivity index (χ3n) is 5.55. The van der Waals surface area contributed by atoms with Crippen LogP contribution in [0.1, 0.15) is 24.4 Å². The number of rotatable bonds is 5. The SMILES string of the molecule is [C-]#[N+]c1ccccc1OCC(=O)N1CCN(C(C)=O)CCC1c1nc(-c2ccncc2)cs1. The number of ether oxygens (including phenoxy) is 1. The fraction of sp³-hybridized carbons (Fsp3) is 0.292. The Hall–Kier alpha value is -3.77. The molecule has 33 heavy (non-hydrogen) atoms. The van der Waals surface area contributed by atoms with E-state index in [2.05, 4.69) is 9.83 Å². The van der Waals surface area contributed by atoms with Gasteiger partial charge in [-0.3, -0.25) is 14.6 Å². The van der Waals surface area contributed by atoms with E-state index in [1.165, 1.54) is 11.3 Å². The lowest BCUT2D eigenvalue weighted by atomic mass is 10.1. The Bertz CT molecular complexity index is 1170. The van der Waals surface area contributed by atoms with Crippen LogP contribution in [-0.4, -0.2) is 57.8 Å². The first kappa shape index (κ1) is 22.4. The molecule has 0 radical (unpaired) electrons. The van der Waals surface area contributed by atoms with Gasteiger partial charge in [-0.2, -0.15) is 0 Å². The third kappa shape index (κ3) is 5.18. The Balaban J connectivity index is 1.56. The third-order valence-corrected chi connectivity index (χ3v) is 6.49. The average Bonchev–Trinajstić information content (AvgIpc) is 3.22. The first-order valence-electron chi connectivity index (χ1n) is 10.6.